The molecule has 1 unspecified atom stereocenters. The van der Waals surface area contributed by atoms with Gasteiger partial charge < -0.3 is 10.6 Å². The summed E-state index contributed by atoms with van der Waals surface area (Å²) in [7, 11) is 0. The maximum atomic E-state index is 12.4. The van der Waals surface area contributed by atoms with E-state index >= 15 is 0 Å². The molecule has 126 valence electrons. The van der Waals surface area contributed by atoms with Crippen molar-refractivity contribution in [3.05, 3.63) is 51.8 Å². The second-order valence-corrected chi connectivity index (χ2v) is 5.89. The van der Waals surface area contributed by atoms with Gasteiger partial charge in [-0.1, -0.05) is 6.07 Å². The van der Waals surface area contributed by atoms with Gasteiger partial charge in [0.2, 0.25) is 0 Å². The second-order valence-electron chi connectivity index (χ2n) is 5.89. The van der Waals surface area contributed by atoms with Crippen LogP contribution in [0, 0.1) is 17.0 Å². The van der Waals surface area contributed by atoms with Crippen molar-refractivity contribution in [2.45, 2.75) is 25.8 Å². The van der Waals surface area contributed by atoms with Crippen LogP contribution in [0.15, 0.2) is 30.5 Å². The summed E-state index contributed by atoms with van der Waals surface area (Å²) in [6.07, 6.45) is 3.91. The number of benzene rings is 1. The summed E-state index contributed by atoms with van der Waals surface area (Å²) in [6, 6.07) is 6.29. The largest absolute Gasteiger partial charge is 0.320 e. The van der Waals surface area contributed by atoms with E-state index in [1.165, 1.54) is 12.1 Å². The molecule has 0 radical (unpaired) electrons. The van der Waals surface area contributed by atoms with E-state index in [0.29, 0.717) is 11.4 Å². The molecule has 1 aliphatic heterocycles. The van der Waals surface area contributed by atoms with E-state index in [4.69, 9.17) is 0 Å². The Morgan fingerprint density at radius 1 is 1.46 bits per heavy atom. The van der Waals surface area contributed by atoms with Crippen LogP contribution in [0.2, 0.25) is 0 Å². The summed E-state index contributed by atoms with van der Waals surface area (Å²) in [5.74, 6) is -0.374. The number of nitrogens with zero attached hydrogens (tertiary/aromatic N) is 3. The molecule has 8 nitrogen and oxygen atoms in total. The molecule has 0 aliphatic carbocycles. The highest BCUT2D eigenvalue weighted by molar-refractivity contribution is 6.03. The molecule has 1 aromatic heterocycles. The number of non-ortho nitro benzene ring substituents is 1. The number of aromatic nitrogens is 2. The minimum atomic E-state index is -0.486. The first-order valence-corrected chi connectivity index (χ1v) is 7.87. The van der Waals surface area contributed by atoms with Crippen molar-refractivity contribution < 1.29 is 9.72 Å². The van der Waals surface area contributed by atoms with Gasteiger partial charge in [-0.2, -0.15) is 5.10 Å². The first-order valence-electron chi connectivity index (χ1n) is 7.87. The number of hydrogen-bond acceptors (Lipinski definition) is 5. The lowest BCUT2D eigenvalue weighted by atomic mass is 10.1. The Morgan fingerprint density at radius 3 is 3.00 bits per heavy atom. The van der Waals surface area contributed by atoms with E-state index in [9.17, 15) is 14.9 Å². The molecular weight excluding hydrogens is 310 g/mol. The quantitative estimate of drug-likeness (QED) is 0.662. The van der Waals surface area contributed by atoms with Gasteiger partial charge in [0.1, 0.15) is 0 Å². The van der Waals surface area contributed by atoms with E-state index in [2.05, 4.69) is 15.7 Å². The SMILES string of the molecule is Cc1ccc([N+](=O)[O-])cc1NC(=O)c1ccn(C2CCCNC2)n1. The van der Waals surface area contributed by atoms with Gasteiger partial charge in [0.25, 0.3) is 11.6 Å². The highest BCUT2D eigenvalue weighted by Crippen LogP contribution is 2.22. The third kappa shape index (κ3) is 3.43. The van der Waals surface area contributed by atoms with Crippen LogP contribution in [0.1, 0.15) is 34.9 Å². The lowest BCUT2D eigenvalue weighted by molar-refractivity contribution is -0.384. The monoisotopic (exact) mass is 329 g/mol. The minimum absolute atomic E-state index is 0.0605. The smallest absolute Gasteiger partial charge is 0.276 e. The first kappa shape index (κ1) is 16.1. The van der Waals surface area contributed by atoms with Gasteiger partial charge in [-0.05, 0) is 37.9 Å². The number of piperidine rings is 1. The van der Waals surface area contributed by atoms with Crippen molar-refractivity contribution in [3.8, 4) is 0 Å². The van der Waals surface area contributed by atoms with E-state index in [-0.39, 0.29) is 17.6 Å². The highest BCUT2D eigenvalue weighted by Gasteiger charge is 2.18. The fourth-order valence-corrected chi connectivity index (χ4v) is 2.77. The number of amides is 1. The first-order chi connectivity index (χ1) is 11.5. The van der Waals surface area contributed by atoms with Crippen LogP contribution in [-0.2, 0) is 0 Å². The maximum Gasteiger partial charge on any atom is 0.276 e. The van der Waals surface area contributed by atoms with Crippen molar-refractivity contribution in [2.24, 2.45) is 0 Å². The number of hydrogen-bond donors (Lipinski definition) is 2. The molecule has 0 saturated carbocycles. The fourth-order valence-electron chi connectivity index (χ4n) is 2.77. The van der Waals surface area contributed by atoms with Crippen molar-refractivity contribution in [1.82, 2.24) is 15.1 Å². The Kier molecular flexibility index (Phi) is 4.57. The van der Waals surface area contributed by atoms with E-state index in [0.717, 1.165) is 31.5 Å². The fraction of sp³-hybridized carbons (Fsp3) is 0.375. The Balaban J connectivity index is 1.74. The summed E-state index contributed by atoms with van der Waals surface area (Å²) in [6.45, 7) is 3.63. The van der Waals surface area contributed by atoms with Crippen molar-refractivity contribution in [2.75, 3.05) is 18.4 Å². The van der Waals surface area contributed by atoms with Crippen LogP contribution in [0.3, 0.4) is 0 Å². The van der Waals surface area contributed by atoms with Crippen LogP contribution in [0.4, 0.5) is 11.4 Å². The number of carbonyl (C=O) groups is 1. The van der Waals surface area contributed by atoms with Gasteiger partial charge in [0.15, 0.2) is 5.69 Å². The Hall–Kier alpha value is -2.74. The van der Waals surface area contributed by atoms with Crippen molar-refractivity contribution in [1.29, 1.82) is 0 Å². The Bertz CT molecular complexity index is 765. The third-order valence-electron chi connectivity index (χ3n) is 4.17. The van der Waals surface area contributed by atoms with Crippen molar-refractivity contribution in [3.63, 3.8) is 0 Å². The number of nitro groups is 1. The highest BCUT2D eigenvalue weighted by atomic mass is 16.6. The zero-order valence-electron chi connectivity index (χ0n) is 13.4. The van der Waals surface area contributed by atoms with E-state index < -0.39 is 4.92 Å². The number of anilines is 1. The molecule has 1 atom stereocenters. The van der Waals surface area contributed by atoms with Crippen LogP contribution >= 0.6 is 0 Å². The normalized spacial score (nSPS) is 17.5. The molecule has 1 amide bonds. The Labute approximate surface area is 139 Å². The van der Waals surface area contributed by atoms with Crippen LogP contribution in [0.25, 0.3) is 0 Å². The molecule has 0 bridgehead atoms. The predicted octanol–water partition coefficient (Wildman–Crippen LogP) is 2.28. The zero-order chi connectivity index (χ0) is 17.1. The molecule has 0 spiro atoms. The number of rotatable bonds is 4. The summed E-state index contributed by atoms with van der Waals surface area (Å²) in [5, 5.41) is 21.2. The molecule has 8 heteroatoms. The third-order valence-corrected chi connectivity index (χ3v) is 4.17. The van der Waals surface area contributed by atoms with E-state index in [1.54, 1.807) is 29.9 Å². The average Bonchev–Trinajstić information content (AvgIpc) is 3.07. The van der Waals surface area contributed by atoms with Gasteiger partial charge >= 0.3 is 0 Å². The number of carbonyl (C=O) groups excluding carboxylic acids is 1. The van der Waals surface area contributed by atoms with Gasteiger partial charge in [-0.3, -0.25) is 19.6 Å². The molecule has 2 N–H and O–H groups in total. The Morgan fingerprint density at radius 2 is 2.29 bits per heavy atom. The molecule has 1 aromatic carbocycles. The van der Waals surface area contributed by atoms with Crippen LogP contribution in [-0.4, -0.2) is 33.7 Å². The zero-order valence-corrected chi connectivity index (χ0v) is 13.4. The molecule has 2 heterocycles. The lowest BCUT2D eigenvalue weighted by Gasteiger charge is -2.22. The summed E-state index contributed by atoms with van der Waals surface area (Å²) < 4.78 is 1.81. The van der Waals surface area contributed by atoms with Crippen molar-refractivity contribution >= 4 is 17.3 Å². The molecule has 1 fully saturated rings. The lowest BCUT2D eigenvalue weighted by Crippen LogP contribution is -2.32. The van der Waals surface area contributed by atoms with Gasteiger partial charge in [-0.25, -0.2) is 0 Å². The number of nitrogens with one attached hydrogen (secondary N) is 2. The molecule has 3 rings (SSSR count). The van der Waals surface area contributed by atoms with Crippen LogP contribution < -0.4 is 10.6 Å². The van der Waals surface area contributed by atoms with Crippen LogP contribution in [0.5, 0.6) is 0 Å². The molecular formula is C16H19N5O3. The summed E-state index contributed by atoms with van der Waals surface area (Å²) in [5.41, 5.74) is 1.41. The topological polar surface area (TPSA) is 102 Å². The summed E-state index contributed by atoms with van der Waals surface area (Å²) in [4.78, 5) is 22.8. The second kappa shape index (κ2) is 6.79. The predicted molar refractivity (Wildman–Crippen MR) is 89.2 cm³/mol. The number of aryl methyl sites for hydroxylation is 1. The molecule has 2 aromatic rings. The minimum Gasteiger partial charge on any atom is -0.320 e. The molecule has 1 saturated heterocycles. The van der Waals surface area contributed by atoms with Gasteiger partial charge in [0.05, 0.1) is 16.7 Å². The summed E-state index contributed by atoms with van der Waals surface area (Å²) >= 11 is 0. The molecule has 24 heavy (non-hydrogen) atoms. The number of nitro benzene ring substituents is 1. The van der Waals surface area contributed by atoms with Gasteiger partial charge in [-0.15, -0.1) is 0 Å². The van der Waals surface area contributed by atoms with E-state index in [1.807, 2.05) is 0 Å². The van der Waals surface area contributed by atoms with Gasteiger partial charge in [0, 0.05) is 24.9 Å². The standard InChI is InChI=1S/C16H19N5O3/c1-11-4-5-12(21(23)24)9-15(11)18-16(22)14-6-8-20(19-14)13-3-2-7-17-10-13/h4-6,8-9,13,17H,2-3,7,10H2,1H3,(H,18,22). The molecule has 1 aliphatic rings. The average molecular weight is 329 g/mol. The maximum absolute atomic E-state index is 12.4.